The highest BCUT2D eigenvalue weighted by Gasteiger charge is 2.09. The van der Waals surface area contributed by atoms with Crippen molar-refractivity contribution in [3.05, 3.63) is 21.1 Å². The van der Waals surface area contributed by atoms with Crippen molar-refractivity contribution < 1.29 is 9.84 Å². The third-order valence-corrected chi connectivity index (χ3v) is 4.20. The van der Waals surface area contributed by atoms with Gasteiger partial charge in [-0.05, 0) is 35.6 Å². The second-order valence-corrected chi connectivity index (χ2v) is 4.88. The molecule has 0 saturated carbocycles. The molecule has 1 N–H and O–H groups in total. The molecule has 0 amide bonds. The first kappa shape index (κ1) is 10.0. The van der Waals surface area contributed by atoms with Crippen molar-refractivity contribution in [3.63, 3.8) is 0 Å². The van der Waals surface area contributed by atoms with Crippen molar-refractivity contribution in [1.82, 2.24) is 0 Å². The van der Waals surface area contributed by atoms with Gasteiger partial charge in [0.25, 0.3) is 0 Å². The van der Waals surface area contributed by atoms with Crippen LogP contribution in [0.15, 0.2) is 17.5 Å². The Hall–Kier alpha value is -0.490. The minimum absolute atomic E-state index is 0.261. The average molecular weight is 320 g/mol. The largest absolute Gasteiger partial charge is 0.508 e. The van der Waals surface area contributed by atoms with Crippen LogP contribution in [0, 0.1) is 3.57 Å². The van der Waals surface area contributed by atoms with E-state index < -0.39 is 0 Å². The number of phenols is 1. The minimum Gasteiger partial charge on any atom is -0.508 e. The highest BCUT2D eigenvalue weighted by Crippen LogP contribution is 2.37. The highest BCUT2D eigenvalue weighted by molar-refractivity contribution is 14.1. The summed E-state index contributed by atoms with van der Waals surface area (Å²) in [6.07, 6.45) is 0. The number of aromatic hydroxyl groups is 1. The van der Waals surface area contributed by atoms with Gasteiger partial charge in [0.15, 0.2) is 0 Å². The van der Waals surface area contributed by atoms with Gasteiger partial charge in [-0.2, -0.15) is 0 Å². The number of ether oxygens (including phenoxy) is 1. The zero-order valence-corrected chi connectivity index (χ0v) is 10.6. The van der Waals surface area contributed by atoms with E-state index in [9.17, 15) is 5.11 Å². The van der Waals surface area contributed by atoms with Gasteiger partial charge in [0, 0.05) is 20.4 Å². The molecule has 0 fully saturated rings. The third kappa shape index (κ3) is 1.68. The number of hydrogen-bond acceptors (Lipinski definition) is 3. The first-order valence-corrected chi connectivity index (χ1v) is 6.20. The van der Waals surface area contributed by atoms with Gasteiger partial charge < -0.3 is 9.84 Å². The lowest BCUT2D eigenvalue weighted by Gasteiger charge is -2.04. The van der Waals surface area contributed by atoms with Gasteiger partial charge in [-0.1, -0.05) is 0 Å². The summed E-state index contributed by atoms with van der Waals surface area (Å²) in [7, 11) is 0. The lowest BCUT2D eigenvalue weighted by atomic mass is 10.2. The number of hydrogen-bond donors (Lipinski definition) is 1. The van der Waals surface area contributed by atoms with Gasteiger partial charge in [-0.15, -0.1) is 11.3 Å². The van der Waals surface area contributed by atoms with E-state index >= 15 is 0 Å². The van der Waals surface area contributed by atoms with Crippen LogP contribution < -0.4 is 4.74 Å². The van der Waals surface area contributed by atoms with Gasteiger partial charge >= 0.3 is 0 Å². The lowest BCUT2D eigenvalue weighted by Crippen LogP contribution is -1.90. The number of thiophene rings is 1. The van der Waals surface area contributed by atoms with Crippen molar-refractivity contribution in [2.45, 2.75) is 6.92 Å². The molecule has 0 aliphatic rings. The molecule has 0 unspecified atom stereocenters. The molecular weight excluding hydrogens is 311 g/mol. The quantitative estimate of drug-likeness (QED) is 0.857. The molecule has 74 valence electrons. The van der Waals surface area contributed by atoms with E-state index in [-0.39, 0.29) is 5.75 Å². The van der Waals surface area contributed by atoms with Crippen LogP contribution >= 0.6 is 33.9 Å². The van der Waals surface area contributed by atoms with Gasteiger partial charge in [-0.25, -0.2) is 0 Å². The van der Waals surface area contributed by atoms with Crippen LogP contribution in [0.3, 0.4) is 0 Å². The standard InChI is InChI=1S/C10H9IO2S/c1-2-13-9-4-6(12)3-7-8(11)5-14-10(7)9/h3-5,12H,2H2,1H3. The van der Waals surface area contributed by atoms with E-state index in [1.165, 1.54) is 0 Å². The lowest BCUT2D eigenvalue weighted by molar-refractivity contribution is 0.342. The first-order chi connectivity index (χ1) is 6.72. The molecule has 0 aliphatic carbocycles. The summed E-state index contributed by atoms with van der Waals surface area (Å²) < 4.78 is 7.72. The summed E-state index contributed by atoms with van der Waals surface area (Å²) >= 11 is 3.90. The molecule has 1 aromatic heterocycles. The molecular formula is C10H9IO2S. The molecule has 0 bridgehead atoms. The van der Waals surface area contributed by atoms with E-state index in [1.54, 1.807) is 23.5 Å². The maximum absolute atomic E-state index is 9.50. The number of benzene rings is 1. The Morgan fingerprint density at radius 3 is 3.00 bits per heavy atom. The smallest absolute Gasteiger partial charge is 0.140 e. The molecule has 4 heteroatoms. The maximum Gasteiger partial charge on any atom is 0.140 e. The third-order valence-electron chi connectivity index (χ3n) is 1.88. The zero-order valence-electron chi connectivity index (χ0n) is 7.58. The molecule has 14 heavy (non-hydrogen) atoms. The Kier molecular flexibility index (Phi) is 2.83. The second-order valence-electron chi connectivity index (χ2n) is 2.84. The summed E-state index contributed by atoms with van der Waals surface area (Å²) in [5.41, 5.74) is 0. The van der Waals surface area contributed by atoms with E-state index in [4.69, 9.17) is 4.74 Å². The van der Waals surface area contributed by atoms with Gasteiger partial charge in [0.1, 0.15) is 11.5 Å². The zero-order chi connectivity index (χ0) is 10.1. The molecule has 0 aliphatic heterocycles. The molecule has 2 aromatic rings. The number of rotatable bonds is 2. The Morgan fingerprint density at radius 2 is 2.29 bits per heavy atom. The Labute approximate surface area is 99.7 Å². The fourth-order valence-corrected chi connectivity index (χ4v) is 3.19. The van der Waals surface area contributed by atoms with Crippen LogP contribution in [-0.4, -0.2) is 11.7 Å². The van der Waals surface area contributed by atoms with E-state index in [0.717, 1.165) is 19.4 Å². The van der Waals surface area contributed by atoms with Gasteiger partial charge in [0.2, 0.25) is 0 Å². The predicted molar refractivity (Wildman–Crippen MR) is 67.4 cm³/mol. The number of halogens is 1. The molecule has 2 nitrogen and oxygen atoms in total. The van der Waals surface area contributed by atoms with Crippen molar-refractivity contribution in [2.24, 2.45) is 0 Å². The van der Waals surface area contributed by atoms with Crippen LogP contribution in [-0.2, 0) is 0 Å². The maximum atomic E-state index is 9.50. The number of phenolic OH excluding ortho intramolecular Hbond substituents is 1. The van der Waals surface area contributed by atoms with Crippen LogP contribution in [0.4, 0.5) is 0 Å². The molecule has 0 saturated heterocycles. The van der Waals surface area contributed by atoms with Crippen LogP contribution in [0.25, 0.3) is 10.1 Å². The fraction of sp³-hybridized carbons (Fsp3) is 0.200. The summed E-state index contributed by atoms with van der Waals surface area (Å²) in [5.74, 6) is 1.03. The first-order valence-electron chi connectivity index (χ1n) is 4.25. The fourth-order valence-electron chi connectivity index (χ4n) is 1.32. The van der Waals surface area contributed by atoms with E-state index in [0.29, 0.717) is 6.61 Å². The second kappa shape index (κ2) is 3.94. The van der Waals surface area contributed by atoms with E-state index in [2.05, 4.69) is 28.0 Å². The molecule has 0 atom stereocenters. The highest BCUT2D eigenvalue weighted by atomic mass is 127. The molecule has 0 radical (unpaired) electrons. The normalized spacial score (nSPS) is 10.7. The molecule has 2 rings (SSSR count). The Balaban J connectivity index is 2.68. The monoisotopic (exact) mass is 320 g/mol. The van der Waals surface area contributed by atoms with Crippen LogP contribution in [0.5, 0.6) is 11.5 Å². The number of fused-ring (bicyclic) bond motifs is 1. The van der Waals surface area contributed by atoms with Crippen LogP contribution in [0.2, 0.25) is 0 Å². The van der Waals surface area contributed by atoms with E-state index in [1.807, 2.05) is 6.92 Å². The molecule has 0 spiro atoms. The molecule has 1 heterocycles. The van der Waals surface area contributed by atoms with Crippen LogP contribution in [0.1, 0.15) is 6.92 Å². The topological polar surface area (TPSA) is 29.5 Å². The Bertz CT molecular complexity index is 464. The summed E-state index contributed by atoms with van der Waals surface area (Å²) in [5, 5.41) is 12.6. The molecule has 1 aromatic carbocycles. The average Bonchev–Trinajstić information content (AvgIpc) is 2.49. The van der Waals surface area contributed by atoms with Gasteiger partial charge in [0.05, 0.1) is 11.3 Å². The SMILES string of the molecule is CCOc1cc(O)cc2c(I)csc12. The van der Waals surface area contributed by atoms with Crippen molar-refractivity contribution in [1.29, 1.82) is 0 Å². The summed E-state index contributed by atoms with van der Waals surface area (Å²) in [6, 6.07) is 3.44. The predicted octanol–water partition coefficient (Wildman–Crippen LogP) is 3.61. The van der Waals surface area contributed by atoms with Gasteiger partial charge in [-0.3, -0.25) is 0 Å². The minimum atomic E-state index is 0.261. The van der Waals surface area contributed by atoms with Crippen molar-refractivity contribution in [3.8, 4) is 11.5 Å². The summed E-state index contributed by atoms with van der Waals surface area (Å²) in [4.78, 5) is 0. The van der Waals surface area contributed by atoms with Crippen molar-refractivity contribution in [2.75, 3.05) is 6.61 Å². The van der Waals surface area contributed by atoms with Crippen molar-refractivity contribution >= 4 is 44.0 Å². The summed E-state index contributed by atoms with van der Waals surface area (Å²) in [6.45, 7) is 2.56. The Morgan fingerprint density at radius 1 is 1.50 bits per heavy atom.